The fourth-order valence-corrected chi connectivity index (χ4v) is 3.82. The van der Waals surface area contributed by atoms with Crippen molar-refractivity contribution in [1.82, 2.24) is 0 Å². The van der Waals surface area contributed by atoms with E-state index in [1.54, 1.807) is 6.42 Å². The molecule has 3 rings (SSSR count). The molecule has 2 bridgehead atoms. The van der Waals surface area contributed by atoms with Crippen LogP contribution in [0.4, 0.5) is 0 Å². The highest BCUT2D eigenvalue weighted by Crippen LogP contribution is 2.68. The van der Waals surface area contributed by atoms with Crippen LogP contribution in [-0.4, -0.2) is 6.54 Å². The van der Waals surface area contributed by atoms with Gasteiger partial charge in [-0.3, -0.25) is 0 Å². The van der Waals surface area contributed by atoms with Crippen molar-refractivity contribution in [1.29, 1.82) is 0 Å². The molecule has 3 saturated carbocycles. The van der Waals surface area contributed by atoms with E-state index in [4.69, 9.17) is 5.73 Å². The number of hydrogen-bond donors (Lipinski definition) is 1. The van der Waals surface area contributed by atoms with Crippen molar-refractivity contribution in [3.05, 3.63) is 0 Å². The predicted molar refractivity (Wildman–Crippen MR) is 40.4 cm³/mol. The second-order valence-electron chi connectivity index (χ2n) is 4.39. The van der Waals surface area contributed by atoms with E-state index in [-0.39, 0.29) is 0 Å². The number of rotatable bonds is 1. The zero-order valence-electron chi connectivity index (χ0n) is 6.29. The SMILES string of the molecule is NCC1C2C3CCC(C3)C12. The fourth-order valence-electron chi connectivity index (χ4n) is 3.82. The van der Waals surface area contributed by atoms with E-state index >= 15 is 0 Å². The lowest BCUT2D eigenvalue weighted by molar-refractivity contribution is 0.456. The van der Waals surface area contributed by atoms with Crippen LogP contribution in [0, 0.1) is 29.6 Å². The van der Waals surface area contributed by atoms with Crippen molar-refractivity contribution in [2.75, 3.05) is 6.54 Å². The molecule has 1 nitrogen and oxygen atoms in total. The van der Waals surface area contributed by atoms with Crippen molar-refractivity contribution in [2.24, 2.45) is 35.3 Å². The van der Waals surface area contributed by atoms with Crippen molar-refractivity contribution in [3.63, 3.8) is 0 Å². The average molecular weight is 137 g/mol. The molecule has 4 unspecified atom stereocenters. The van der Waals surface area contributed by atoms with Crippen LogP contribution >= 0.6 is 0 Å². The third kappa shape index (κ3) is 0.460. The molecule has 0 heterocycles. The molecule has 4 atom stereocenters. The van der Waals surface area contributed by atoms with Crippen LogP contribution < -0.4 is 5.73 Å². The van der Waals surface area contributed by atoms with Gasteiger partial charge in [-0.25, -0.2) is 0 Å². The molecule has 0 aromatic carbocycles. The molecular formula is C9H15N. The standard InChI is InChI=1S/C9H15N/c10-4-7-8-5-1-2-6(3-5)9(7)8/h5-9H,1-4,10H2. The molecule has 3 aliphatic carbocycles. The molecule has 0 amide bonds. The molecule has 1 heteroatoms. The van der Waals surface area contributed by atoms with Gasteiger partial charge in [0.25, 0.3) is 0 Å². The van der Waals surface area contributed by atoms with E-state index in [0.717, 1.165) is 36.1 Å². The van der Waals surface area contributed by atoms with Gasteiger partial charge in [0.05, 0.1) is 0 Å². The molecule has 0 aromatic rings. The van der Waals surface area contributed by atoms with E-state index < -0.39 is 0 Å². The Bertz CT molecular complexity index is 150. The van der Waals surface area contributed by atoms with Gasteiger partial charge >= 0.3 is 0 Å². The summed E-state index contributed by atoms with van der Waals surface area (Å²) in [5.74, 6) is 5.39. The molecular weight excluding hydrogens is 122 g/mol. The lowest BCUT2D eigenvalue weighted by Crippen LogP contribution is -2.08. The summed E-state index contributed by atoms with van der Waals surface area (Å²) in [7, 11) is 0. The van der Waals surface area contributed by atoms with Crippen LogP contribution in [0.1, 0.15) is 19.3 Å². The van der Waals surface area contributed by atoms with E-state index in [9.17, 15) is 0 Å². The summed E-state index contributed by atoms with van der Waals surface area (Å²) < 4.78 is 0. The summed E-state index contributed by atoms with van der Waals surface area (Å²) in [6.45, 7) is 0.975. The molecule has 0 radical (unpaired) electrons. The zero-order valence-corrected chi connectivity index (χ0v) is 6.29. The highest BCUT2D eigenvalue weighted by molar-refractivity contribution is 5.12. The monoisotopic (exact) mass is 137 g/mol. The van der Waals surface area contributed by atoms with Gasteiger partial charge in [0.1, 0.15) is 0 Å². The maximum atomic E-state index is 5.68. The molecule has 0 spiro atoms. The van der Waals surface area contributed by atoms with Crippen LogP contribution in [0.15, 0.2) is 0 Å². The Morgan fingerprint density at radius 1 is 1.10 bits per heavy atom. The van der Waals surface area contributed by atoms with Gasteiger partial charge in [0.15, 0.2) is 0 Å². The lowest BCUT2D eigenvalue weighted by atomic mass is 10.0. The molecule has 0 aromatic heterocycles. The first-order valence-corrected chi connectivity index (χ1v) is 4.62. The van der Waals surface area contributed by atoms with E-state index in [2.05, 4.69) is 0 Å². The Morgan fingerprint density at radius 2 is 1.70 bits per heavy atom. The molecule has 2 N–H and O–H groups in total. The van der Waals surface area contributed by atoms with Crippen molar-refractivity contribution in [2.45, 2.75) is 19.3 Å². The lowest BCUT2D eigenvalue weighted by Gasteiger charge is -2.04. The second-order valence-corrected chi connectivity index (χ2v) is 4.39. The minimum absolute atomic E-state index is 0.964. The van der Waals surface area contributed by atoms with Gasteiger partial charge in [-0.1, -0.05) is 0 Å². The summed E-state index contributed by atoms with van der Waals surface area (Å²) in [6.07, 6.45) is 4.62. The van der Waals surface area contributed by atoms with Crippen molar-refractivity contribution < 1.29 is 0 Å². The van der Waals surface area contributed by atoms with Gasteiger partial charge in [-0.05, 0) is 55.4 Å². The highest BCUT2D eigenvalue weighted by Gasteiger charge is 2.63. The first-order chi connectivity index (χ1) is 4.92. The molecule has 3 aliphatic rings. The smallest absolute Gasteiger partial charge is 0.00431 e. The summed E-state index contributed by atoms with van der Waals surface area (Å²) in [6, 6.07) is 0. The Balaban J connectivity index is 1.84. The largest absolute Gasteiger partial charge is 0.330 e. The summed E-state index contributed by atoms with van der Waals surface area (Å²) >= 11 is 0. The third-order valence-electron chi connectivity index (χ3n) is 4.17. The topological polar surface area (TPSA) is 26.0 Å². The van der Waals surface area contributed by atoms with Crippen LogP contribution in [0.3, 0.4) is 0 Å². The Labute approximate surface area is 62.0 Å². The minimum atomic E-state index is 0.964. The number of fused-ring (bicyclic) bond motifs is 5. The van der Waals surface area contributed by atoms with Gasteiger partial charge in [0, 0.05) is 0 Å². The highest BCUT2D eigenvalue weighted by atomic mass is 14.7. The number of hydrogen-bond acceptors (Lipinski definition) is 1. The summed E-state index contributed by atoms with van der Waals surface area (Å²) in [4.78, 5) is 0. The third-order valence-corrected chi connectivity index (χ3v) is 4.17. The van der Waals surface area contributed by atoms with E-state index in [1.807, 2.05) is 0 Å². The Hall–Kier alpha value is -0.0400. The van der Waals surface area contributed by atoms with Gasteiger partial charge < -0.3 is 5.73 Å². The van der Waals surface area contributed by atoms with Crippen LogP contribution in [-0.2, 0) is 0 Å². The van der Waals surface area contributed by atoms with Crippen molar-refractivity contribution >= 4 is 0 Å². The number of nitrogens with two attached hydrogens (primary N) is 1. The molecule has 0 aliphatic heterocycles. The fraction of sp³-hybridized carbons (Fsp3) is 1.00. The van der Waals surface area contributed by atoms with E-state index in [1.165, 1.54) is 12.8 Å². The van der Waals surface area contributed by atoms with Crippen LogP contribution in [0.25, 0.3) is 0 Å². The average Bonchev–Trinajstić information content (AvgIpc) is 2.36. The first kappa shape index (κ1) is 5.59. The van der Waals surface area contributed by atoms with Crippen LogP contribution in [0.2, 0.25) is 0 Å². The first-order valence-electron chi connectivity index (χ1n) is 4.62. The van der Waals surface area contributed by atoms with E-state index in [0.29, 0.717) is 0 Å². The van der Waals surface area contributed by atoms with Crippen molar-refractivity contribution in [3.8, 4) is 0 Å². The Kier molecular flexibility index (Phi) is 0.883. The van der Waals surface area contributed by atoms with Crippen LogP contribution in [0.5, 0.6) is 0 Å². The Morgan fingerprint density at radius 3 is 2.20 bits per heavy atom. The van der Waals surface area contributed by atoms with Gasteiger partial charge in [0.2, 0.25) is 0 Å². The van der Waals surface area contributed by atoms with Gasteiger partial charge in [-0.2, -0.15) is 0 Å². The molecule has 56 valence electrons. The maximum absolute atomic E-state index is 5.68. The quantitative estimate of drug-likeness (QED) is 0.578. The zero-order chi connectivity index (χ0) is 6.72. The maximum Gasteiger partial charge on any atom is -0.00431 e. The summed E-state index contributed by atoms with van der Waals surface area (Å²) in [5.41, 5.74) is 5.68. The normalized spacial score (nSPS) is 62.7. The predicted octanol–water partition coefficient (Wildman–Crippen LogP) is 1.24. The van der Waals surface area contributed by atoms with Gasteiger partial charge in [-0.15, -0.1) is 0 Å². The summed E-state index contributed by atoms with van der Waals surface area (Å²) in [5, 5.41) is 0. The second kappa shape index (κ2) is 1.58. The molecule has 10 heavy (non-hydrogen) atoms. The molecule has 3 fully saturated rings. The minimum Gasteiger partial charge on any atom is -0.330 e. The molecule has 0 saturated heterocycles.